The highest BCUT2D eigenvalue weighted by Crippen LogP contribution is 2.21. The molecule has 0 aliphatic carbocycles. The molecule has 0 fully saturated rings. The first-order valence-corrected chi connectivity index (χ1v) is 10.2. The molecule has 0 aliphatic heterocycles. The molecule has 0 spiro atoms. The molecule has 0 bridgehead atoms. The minimum Gasteiger partial charge on any atom is -0.493 e. The van der Waals surface area contributed by atoms with Crippen LogP contribution in [-0.2, 0) is 0 Å². The van der Waals surface area contributed by atoms with E-state index in [9.17, 15) is 4.79 Å². The Morgan fingerprint density at radius 2 is 1.96 bits per heavy atom. The third-order valence-corrected chi connectivity index (χ3v) is 5.44. The Balaban J connectivity index is 1.75. The largest absolute Gasteiger partial charge is 0.493 e. The van der Waals surface area contributed by atoms with Crippen LogP contribution in [0.25, 0.3) is 22.4 Å². The van der Waals surface area contributed by atoms with Gasteiger partial charge in [0, 0.05) is 15.6 Å². The predicted molar refractivity (Wildman–Crippen MR) is 111 cm³/mol. The summed E-state index contributed by atoms with van der Waals surface area (Å²) < 4.78 is 8.70. The second-order valence-electron chi connectivity index (χ2n) is 5.94. The molecule has 0 saturated heterocycles. The number of hydrogen-bond acceptors (Lipinski definition) is 5. The monoisotopic (exact) mass is 441 g/mol. The molecule has 5 nitrogen and oxygen atoms in total. The Kier molecular flexibility index (Phi) is 5.05. The SMILES string of the molecule is CCCOc1ccccc1/C=c1/sc2nc(-c3ccc(Br)cc3)nn2c1=O. The zero-order valence-electron chi connectivity index (χ0n) is 14.6. The van der Waals surface area contributed by atoms with Gasteiger partial charge in [-0.1, -0.05) is 64.5 Å². The average Bonchev–Trinajstić information content (AvgIpc) is 3.21. The van der Waals surface area contributed by atoms with Crippen molar-refractivity contribution in [3.05, 3.63) is 73.5 Å². The van der Waals surface area contributed by atoms with Gasteiger partial charge in [0.1, 0.15) is 5.75 Å². The second-order valence-corrected chi connectivity index (χ2v) is 7.86. The summed E-state index contributed by atoms with van der Waals surface area (Å²) >= 11 is 4.74. The predicted octanol–water partition coefficient (Wildman–Crippen LogP) is 3.92. The van der Waals surface area contributed by atoms with Crippen LogP contribution in [0.15, 0.2) is 57.8 Å². The van der Waals surface area contributed by atoms with Crippen molar-refractivity contribution in [2.45, 2.75) is 13.3 Å². The number of halogens is 1. The zero-order valence-corrected chi connectivity index (χ0v) is 17.0. The number of rotatable bonds is 5. The van der Waals surface area contributed by atoms with E-state index in [1.165, 1.54) is 15.9 Å². The van der Waals surface area contributed by atoms with Gasteiger partial charge in [-0.15, -0.1) is 5.10 Å². The Bertz CT molecular complexity index is 1200. The second kappa shape index (κ2) is 7.62. The maximum absolute atomic E-state index is 12.7. The lowest BCUT2D eigenvalue weighted by atomic mass is 10.2. The summed E-state index contributed by atoms with van der Waals surface area (Å²) in [5.41, 5.74) is 1.58. The molecule has 0 saturated carbocycles. The molecule has 4 aromatic rings. The molecule has 2 heterocycles. The number of para-hydroxylation sites is 1. The molecule has 2 aromatic heterocycles. The smallest absolute Gasteiger partial charge is 0.291 e. The third kappa shape index (κ3) is 3.65. The Morgan fingerprint density at radius 1 is 1.19 bits per heavy atom. The minimum atomic E-state index is -0.170. The highest BCUT2D eigenvalue weighted by Gasteiger charge is 2.12. The maximum atomic E-state index is 12.7. The first-order valence-electron chi connectivity index (χ1n) is 8.55. The third-order valence-electron chi connectivity index (χ3n) is 3.95. The standard InChI is InChI=1S/C20H16BrN3O2S/c1-2-11-26-16-6-4-3-5-14(16)12-17-19(25)24-20(27-17)22-18(23-24)13-7-9-15(21)10-8-13/h3-10,12H,2,11H2,1H3/b17-12+. The van der Waals surface area contributed by atoms with Crippen molar-refractivity contribution in [3.8, 4) is 17.1 Å². The van der Waals surface area contributed by atoms with Gasteiger partial charge in [0.15, 0.2) is 5.82 Å². The van der Waals surface area contributed by atoms with Crippen molar-refractivity contribution in [1.29, 1.82) is 0 Å². The summed E-state index contributed by atoms with van der Waals surface area (Å²) in [6.07, 6.45) is 2.77. The van der Waals surface area contributed by atoms with Crippen molar-refractivity contribution in [2.75, 3.05) is 6.61 Å². The van der Waals surface area contributed by atoms with Crippen LogP contribution in [0.3, 0.4) is 0 Å². The lowest BCUT2D eigenvalue weighted by Crippen LogP contribution is -2.23. The number of hydrogen-bond donors (Lipinski definition) is 0. The summed E-state index contributed by atoms with van der Waals surface area (Å²) in [5.74, 6) is 1.32. The summed E-state index contributed by atoms with van der Waals surface area (Å²) in [6.45, 7) is 2.70. The normalized spacial score (nSPS) is 12.0. The first-order chi connectivity index (χ1) is 13.2. The fraction of sp³-hybridized carbons (Fsp3) is 0.150. The van der Waals surface area contributed by atoms with E-state index in [4.69, 9.17) is 4.74 Å². The molecule has 0 radical (unpaired) electrons. The van der Waals surface area contributed by atoms with Crippen LogP contribution in [0.5, 0.6) is 5.75 Å². The van der Waals surface area contributed by atoms with Gasteiger partial charge in [-0.3, -0.25) is 4.79 Å². The topological polar surface area (TPSA) is 56.5 Å². The van der Waals surface area contributed by atoms with Gasteiger partial charge in [-0.2, -0.15) is 9.50 Å². The number of benzene rings is 2. The van der Waals surface area contributed by atoms with Crippen molar-refractivity contribution < 1.29 is 4.74 Å². The van der Waals surface area contributed by atoms with Gasteiger partial charge in [0.2, 0.25) is 4.96 Å². The molecule has 0 aliphatic rings. The number of nitrogens with zero attached hydrogens (tertiary/aromatic N) is 3. The van der Waals surface area contributed by atoms with Crippen LogP contribution >= 0.6 is 27.3 Å². The van der Waals surface area contributed by atoms with Crippen molar-refractivity contribution in [2.24, 2.45) is 0 Å². The van der Waals surface area contributed by atoms with Crippen molar-refractivity contribution in [3.63, 3.8) is 0 Å². The van der Waals surface area contributed by atoms with Crippen LogP contribution < -0.4 is 14.8 Å². The average molecular weight is 442 g/mol. The zero-order chi connectivity index (χ0) is 18.8. The molecule has 4 rings (SSSR count). The molecular formula is C20H16BrN3O2S. The molecule has 0 unspecified atom stereocenters. The molecular weight excluding hydrogens is 426 g/mol. The van der Waals surface area contributed by atoms with Crippen molar-refractivity contribution >= 4 is 38.3 Å². The maximum Gasteiger partial charge on any atom is 0.291 e. The highest BCUT2D eigenvalue weighted by atomic mass is 79.9. The van der Waals surface area contributed by atoms with Crippen LogP contribution in [0, 0.1) is 0 Å². The molecule has 27 heavy (non-hydrogen) atoms. The first kappa shape index (κ1) is 17.9. The summed E-state index contributed by atoms with van der Waals surface area (Å²) in [5, 5.41) is 4.38. The van der Waals surface area contributed by atoms with Gasteiger partial charge < -0.3 is 4.74 Å². The lowest BCUT2D eigenvalue weighted by molar-refractivity contribution is 0.317. The van der Waals surface area contributed by atoms with E-state index in [0.29, 0.717) is 21.9 Å². The van der Waals surface area contributed by atoms with E-state index in [-0.39, 0.29) is 5.56 Å². The number of thiazole rings is 1. The fourth-order valence-electron chi connectivity index (χ4n) is 2.64. The minimum absolute atomic E-state index is 0.170. The van der Waals surface area contributed by atoms with Crippen LogP contribution in [0.1, 0.15) is 18.9 Å². The Labute approximate surface area is 168 Å². The molecule has 2 aromatic carbocycles. The van der Waals surface area contributed by atoms with E-state index >= 15 is 0 Å². The van der Waals surface area contributed by atoms with Gasteiger partial charge in [-0.25, -0.2) is 0 Å². The molecule has 0 atom stereocenters. The molecule has 136 valence electrons. The van der Waals surface area contributed by atoms with E-state index in [0.717, 1.165) is 27.8 Å². The summed E-state index contributed by atoms with van der Waals surface area (Å²) in [7, 11) is 0. The van der Waals surface area contributed by atoms with Crippen LogP contribution in [-0.4, -0.2) is 21.2 Å². The number of aromatic nitrogens is 3. The highest BCUT2D eigenvalue weighted by molar-refractivity contribution is 9.10. The summed E-state index contributed by atoms with van der Waals surface area (Å²) in [6, 6.07) is 15.4. The quantitative estimate of drug-likeness (QED) is 0.470. The number of ether oxygens (including phenoxy) is 1. The number of fused-ring (bicyclic) bond motifs is 1. The van der Waals surface area contributed by atoms with E-state index < -0.39 is 0 Å². The van der Waals surface area contributed by atoms with Crippen LogP contribution in [0.4, 0.5) is 0 Å². The van der Waals surface area contributed by atoms with Gasteiger partial charge >= 0.3 is 0 Å². The van der Waals surface area contributed by atoms with Crippen molar-refractivity contribution in [1.82, 2.24) is 14.6 Å². The molecule has 0 amide bonds. The molecule has 7 heteroatoms. The van der Waals surface area contributed by atoms with E-state index in [2.05, 4.69) is 32.9 Å². The summed E-state index contributed by atoms with van der Waals surface area (Å²) in [4.78, 5) is 17.8. The Morgan fingerprint density at radius 3 is 2.70 bits per heavy atom. The van der Waals surface area contributed by atoms with E-state index in [1.807, 2.05) is 54.6 Å². The van der Waals surface area contributed by atoms with E-state index in [1.54, 1.807) is 0 Å². The van der Waals surface area contributed by atoms with Crippen LogP contribution in [0.2, 0.25) is 0 Å². The fourth-order valence-corrected chi connectivity index (χ4v) is 3.80. The van der Waals surface area contributed by atoms with Gasteiger partial charge in [0.05, 0.1) is 11.1 Å². The Hall–Kier alpha value is -2.51. The lowest BCUT2D eigenvalue weighted by Gasteiger charge is -2.07. The van der Waals surface area contributed by atoms with Gasteiger partial charge in [-0.05, 0) is 30.7 Å². The van der Waals surface area contributed by atoms with Gasteiger partial charge in [0.25, 0.3) is 5.56 Å². The molecule has 0 N–H and O–H groups in total.